The SMILES string of the molecule is CCC(O)(c1cn(Cc2ccn3c(-c4ccc(Cl)cc4)c(C(=O)O)cc3c2)nn1)C(F)(F)F. The first kappa shape index (κ1) is 22.8. The molecular weight excluding hydrogens is 461 g/mol. The Balaban J connectivity index is 1.70. The largest absolute Gasteiger partial charge is 0.478 e. The summed E-state index contributed by atoms with van der Waals surface area (Å²) in [6.45, 7) is 1.29. The van der Waals surface area contributed by atoms with Crippen LogP contribution in [-0.2, 0) is 12.1 Å². The molecule has 0 spiro atoms. The zero-order valence-corrected chi connectivity index (χ0v) is 18.0. The lowest BCUT2D eigenvalue weighted by atomic mass is 9.96. The fraction of sp³-hybridized carbons (Fsp3) is 0.227. The third-order valence-corrected chi connectivity index (χ3v) is 5.73. The summed E-state index contributed by atoms with van der Waals surface area (Å²) in [4.78, 5) is 11.8. The molecule has 1 aromatic carbocycles. The van der Waals surface area contributed by atoms with Crippen LogP contribution in [0, 0.1) is 0 Å². The predicted octanol–water partition coefficient (Wildman–Crippen LogP) is 4.76. The van der Waals surface area contributed by atoms with E-state index >= 15 is 0 Å². The first-order valence-corrected chi connectivity index (χ1v) is 10.2. The van der Waals surface area contributed by atoms with Gasteiger partial charge in [-0.05, 0) is 47.9 Å². The molecule has 0 amide bonds. The molecule has 1 unspecified atom stereocenters. The van der Waals surface area contributed by atoms with Crippen molar-refractivity contribution >= 4 is 23.1 Å². The number of nitrogens with zero attached hydrogens (tertiary/aromatic N) is 4. The molecule has 0 radical (unpaired) electrons. The minimum atomic E-state index is -4.89. The highest BCUT2D eigenvalue weighted by Gasteiger charge is 2.55. The lowest BCUT2D eigenvalue weighted by molar-refractivity contribution is -0.269. The van der Waals surface area contributed by atoms with Crippen LogP contribution in [0.4, 0.5) is 13.2 Å². The summed E-state index contributed by atoms with van der Waals surface area (Å²) in [6.07, 6.45) is -2.76. The first-order valence-electron chi connectivity index (χ1n) is 9.86. The average Bonchev–Trinajstić information content (AvgIpc) is 3.38. The summed E-state index contributed by atoms with van der Waals surface area (Å²) in [5.74, 6) is -1.10. The van der Waals surface area contributed by atoms with Gasteiger partial charge < -0.3 is 14.6 Å². The van der Waals surface area contributed by atoms with Gasteiger partial charge in [0.2, 0.25) is 5.60 Å². The predicted molar refractivity (Wildman–Crippen MR) is 114 cm³/mol. The van der Waals surface area contributed by atoms with Crippen molar-refractivity contribution in [2.75, 3.05) is 0 Å². The number of hydrogen-bond acceptors (Lipinski definition) is 4. The summed E-state index contributed by atoms with van der Waals surface area (Å²) in [5.41, 5.74) is -1.20. The molecule has 1 atom stereocenters. The Morgan fingerprint density at radius 3 is 2.45 bits per heavy atom. The molecule has 3 aromatic heterocycles. The number of carboxylic acid groups (broad SMARTS) is 1. The molecular formula is C22H18ClF3N4O3. The third-order valence-electron chi connectivity index (χ3n) is 5.47. The Hall–Kier alpha value is -3.37. The summed E-state index contributed by atoms with van der Waals surface area (Å²) in [5, 5.41) is 27.5. The van der Waals surface area contributed by atoms with Crippen molar-refractivity contribution in [2.24, 2.45) is 0 Å². The van der Waals surface area contributed by atoms with Crippen molar-refractivity contribution < 1.29 is 28.2 Å². The van der Waals surface area contributed by atoms with E-state index in [9.17, 15) is 28.2 Å². The minimum Gasteiger partial charge on any atom is -0.478 e. The van der Waals surface area contributed by atoms with E-state index in [0.29, 0.717) is 27.4 Å². The van der Waals surface area contributed by atoms with Crippen LogP contribution in [0.2, 0.25) is 5.02 Å². The number of carbonyl (C=O) groups is 1. The standard InChI is InChI=1S/C22H18ClF3N4O3/c1-2-21(33,22(24,25)26)18-12-29(28-27-18)11-13-7-8-30-16(9-13)10-17(20(31)32)19(30)14-3-5-15(23)6-4-14/h3-10,12,33H,2,11H2,1H3,(H,31,32). The number of fused-ring (bicyclic) bond motifs is 1. The zero-order valence-electron chi connectivity index (χ0n) is 17.2. The molecule has 0 saturated heterocycles. The Kier molecular flexibility index (Phi) is 5.67. The summed E-state index contributed by atoms with van der Waals surface area (Å²) < 4.78 is 42.8. The first-order chi connectivity index (χ1) is 15.5. The number of halogens is 4. The van der Waals surface area contributed by atoms with E-state index in [2.05, 4.69) is 10.3 Å². The van der Waals surface area contributed by atoms with E-state index in [1.54, 1.807) is 47.0 Å². The van der Waals surface area contributed by atoms with Gasteiger partial charge in [-0.1, -0.05) is 35.9 Å². The van der Waals surface area contributed by atoms with E-state index in [-0.39, 0.29) is 12.1 Å². The van der Waals surface area contributed by atoms with Crippen molar-refractivity contribution in [3.05, 3.63) is 76.7 Å². The summed E-state index contributed by atoms with van der Waals surface area (Å²) >= 11 is 5.94. The van der Waals surface area contributed by atoms with Gasteiger partial charge in [0.25, 0.3) is 0 Å². The van der Waals surface area contributed by atoms with E-state index in [0.717, 1.165) is 6.20 Å². The van der Waals surface area contributed by atoms with Gasteiger partial charge in [0, 0.05) is 16.7 Å². The van der Waals surface area contributed by atoms with Crippen LogP contribution in [0.15, 0.2) is 54.9 Å². The molecule has 2 N–H and O–H groups in total. The Bertz CT molecular complexity index is 1330. The topological polar surface area (TPSA) is 92.7 Å². The molecule has 4 rings (SSSR count). The second kappa shape index (κ2) is 8.20. The molecule has 0 bridgehead atoms. The van der Waals surface area contributed by atoms with Crippen LogP contribution in [0.1, 0.15) is 35.0 Å². The van der Waals surface area contributed by atoms with Crippen LogP contribution >= 0.6 is 11.6 Å². The van der Waals surface area contributed by atoms with Gasteiger partial charge in [0.05, 0.1) is 24.0 Å². The number of carboxylic acids is 1. The normalized spacial score (nSPS) is 13.9. The Morgan fingerprint density at radius 2 is 1.85 bits per heavy atom. The molecule has 0 fully saturated rings. The number of aromatic carboxylic acids is 1. The number of aliphatic hydroxyl groups is 1. The fourth-order valence-corrected chi connectivity index (χ4v) is 3.79. The molecule has 0 aliphatic heterocycles. The number of hydrogen-bond donors (Lipinski definition) is 2. The molecule has 0 aliphatic rings. The van der Waals surface area contributed by atoms with Crippen LogP contribution < -0.4 is 0 Å². The molecule has 3 heterocycles. The van der Waals surface area contributed by atoms with Crippen LogP contribution in [0.5, 0.6) is 0 Å². The number of aromatic nitrogens is 4. The van der Waals surface area contributed by atoms with Crippen LogP contribution in [0.3, 0.4) is 0 Å². The quantitative estimate of drug-likeness (QED) is 0.417. The second-order valence-corrected chi connectivity index (χ2v) is 8.00. The monoisotopic (exact) mass is 478 g/mol. The fourth-order valence-electron chi connectivity index (χ4n) is 3.67. The zero-order chi connectivity index (χ0) is 24.0. The Labute approximate surface area is 190 Å². The highest BCUT2D eigenvalue weighted by atomic mass is 35.5. The van der Waals surface area contributed by atoms with Gasteiger partial charge in [0.1, 0.15) is 5.69 Å². The summed E-state index contributed by atoms with van der Waals surface area (Å²) in [6, 6.07) is 11.7. The summed E-state index contributed by atoms with van der Waals surface area (Å²) in [7, 11) is 0. The maximum absolute atomic E-state index is 13.3. The van der Waals surface area contributed by atoms with Gasteiger partial charge in [-0.2, -0.15) is 13.2 Å². The second-order valence-electron chi connectivity index (χ2n) is 7.56. The van der Waals surface area contributed by atoms with Crippen LogP contribution in [0.25, 0.3) is 16.8 Å². The van der Waals surface area contributed by atoms with Crippen molar-refractivity contribution in [1.82, 2.24) is 19.4 Å². The third kappa shape index (κ3) is 4.07. The van der Waals surface area contributed by atoms with Gasteiger partial charge in [0.15, 0.2) is 0 Å². The molecule has 33 heavy (non-hydrogen) atoms. The highest BCUT2D eigenvalue weighted by Crippen LogP contribution is 2.40. The lowest BCUT2D eigenvalue weighted by Gasteiger charge is -2.26. The number of alkyl halides is 3. The molecule has 4 aromatic rings. The molecule has 0 aliphatic carbocycles. The maximum Gasteiger partial charge on any atom is 0.423 e. The average molecular weight is 479 g/mol. The number of rotatable bonds is 6. The molecule has 7 nitrogen and oxygen atoms in total. The van der Waals surface area contributed by atoms with E-state index < -0.39 is 29.9 Å². The number of pyridine rings is 1. The molecule has 172 valence electrons. The molecule has 0 saturated carbocycles. The Morgan fingerprint density at radius 1 is 1.15 bits per heavy atom. The van der Waals surface area contributed by atoms with Gasteiger partial charge in [-0.25, -0.2) is 9.48 Å². The molecule has 11 heteroatoms. The smallest absolute Gasteiger partial charge is 0.423 e. The van der Waals surface area contributed by atoms with E-state index in [1.807, 2.05) is 0 Å². The van der Waals surface area contributed by atoms with Crippen molar-refractivity contribution in [3.63, 3.8) is 0 Å². The van der Waals surface area contributed by atoms with Crippen molar-refractivity contribution in [2.45, 2.75) is 31.7 Å². The minimum absolute atomic E-state index is 0.0744. The number of benzene rings is 1. The maximum atomic E-state index is 13.3. The van der Waals surface area contributed by atoms with Gasteiger partial charge in [-0.3, -0.25) is 0 Å². The highest BCUT2D eigenvalue weighted by molar-refractivity contribution is 6.30. The van der Waals surface area contributed by atoms with Gasteiger partial charge >= 0.3 is 12.1 Å². The van der Waals surface area contributed by atoms with E-state index in [4.69, 9.17) is 11.6 Å². The van der Waals surface area contributed by atoms with Crippen LogP contribution in [-0.4, -0.2) is 41.8 Å². The lowest BCUT2D eigenvalue weighted by Crippen LogP contribution is -2.42. The van der Waals surface area contributed by atoms with Gasteiger partial charge in [-0.15, -0.1) is 5.10 Å². The van der Waals surface area contributed by atoms with Crippen molar-refractivity contribution in [3.8, 4) is 11.3 Å². The van der Waals surface area contributed by atoms with E-state index in [1.165, 1.54) is 17.7 Å². The van der Waals surface area contributed by atoms with Crippen molar-refractivity contribution in [1.29, 1.82) is 0 Å².